The SMILES string of the molecule is CCN(c1ccc(O)cc1)C1CNC1. The number of rotatable bonds is 3. The number of phenolic OH excluding ortho intramolecular Hbond substituents is 1. The van der Waals surface area contributed by atoms with Crippen molar-refractivity contribution in [2.24, 2.45) is 0 Å². The molecule has 0 bridgehead atoms. The van der Waals surface area contributed by atoms with E-state index in [0.29, 0.717) is 11.8 Å². The standard InChI is InChI=1S/C11H16N2O/c1-2-13(10-7-12-8-10)9-3-5-11(14)6-4-9/h3-6,10,12,14H,2,7-8H2,1H3. The molecule has 0 radical (unpaired) electrons. The van der Waals surface area contributed by atoms with Gasteiger partial charge >= 0.3 is 0 Å². The van der Waals surface area contributed by atoms with Gasteiger partial charge in [-0.25, -0.2) is 0 Å². The summed E-state index contributed by atoms with van der Waals surface area (Å²) in [4.78, 5) is 2.36. The van der Waals surface area contributed by atoms with Crippen LogP contribution in [0.3, 0.4) is 0 Å². The maximum Gasteiger partial charge on any atom is 0.115 e. The molecule has 3 heteroatoms. The molecule has 1 aliphatic rings. The maximum atomic E-state index is 9.19. The maximum absolute atomic E-state index is 9.19. The molecule has 0 unspecified atom stereocenters. The van der Waals surface area contributed by atoms with E-state index in [1.54, 1.807) is 12.1 Å². The van der Waals surface area contributed by atoms with Gasteiger partial charge in [-0.15, -0.1) is 0 Å². The molecule has 1 heterocycles. The monoisotopic (exact) mass is 192 g/mol. The summed E-state index contributed by atoms with van der Waals surface area (Å²) < 4.78 is 0. The number of nitrogens with one attached hydrogen (secondary N) is 1. The molecule has 0 aliphatic carbocycles. The van der Waals surface area contributed by atoms with Gasteiger partial charge in [0.1, 0.15) is 5.75 Å². The van der Waals surface area contributed by atoms with Crippen LogP contribution in [0.15, 0.2) is 24.3 Å². The molecule has 0 saturated carbocycles. The van der Waals surface area contributed by atoms with Crippen LogP contribution >= 0.6 is 0 Å². The molecule has 76 valence electrons. The van der Waals surface area contributed by atoms with Crippen LogP contribution in [0.4, 0.5) is 5.69 Å². The summed E-state index contributed by atoms with van der Waals surface area (Å²) in [6.45, 7) is 5.30. The highest BCUT2D eigenvalue weighted by atomic mass is 16.3. The fourth-order valence-corrected chi connectivity index (χ4v) is 1.79. The number of likely N-dealkylation sites (N-methyl/N-ethyl adjacent to an activating group) is 1. The second kappa shape index (κ2) is 3.88. The Kier molecular flexibility index (Phi) is 2.59. The fraction of sp³-hybridized carbons (Fsp3) is 0.455. The summed E-state index contributed by atoms with van der Waals surface area (Å²) in [7, 11) is 0. The van der Waals surface area contributed by atoms with Crippen LogP contribution in [0.5, 0.6) is 5.75 Å². The first kappa shape index (κ1) is 9.34. The molecule has 3 nitrogen and oxygen atoms in total. The van der Waals surface area contributed by atoms with Gasteiger partial charge in [0.2, 0.25) is 0 Å². The minimum atomic E-state index is 0.330. The van der Waals surface area contributed by atoms with E-state index in [1.165, 1.54) is 5.69 Å². The zero-order valence-electron chi connectivity index (χ0n) is 8.40. The van der Waals surface area contributed by atoms with Crippen molar-refractivity contribution in [3.63, 3.8) is 0 Å². The second-order valence-corrected chi connectivity index (χ2v) is 3.61. The Bertz CT molecular complexity index is 293. The lowest BCUT2D eigenvalue weighted by Crippen LogP contribution is -2.57. The molecule has 1 aromatic carbocycles. The van der Waals surface area contributed by atoms with Gasteiger partial charge in [0.05, 0.1) is 6.04 Å². The summed E-state index contributed by atoms with van der Waals surface area (Å²) >= 11 is 0. The normalized spacial score (nSPS) is 16.4. The summed E-state index contributed by atoms with van der Waals surface area (Å²) in [5.74, 6) is 0.330. The number of aromatic hydroxyl groups is 1. The first-order chi connectivity index (χ1) is 6.81. The molecule has 14 heavy (non-hydrogen) atoms. The third-order valence-electron chi connectivity index (χ3n) is 2.72. The average Bonchev–Trinajstić information content (AvgIpc) is 2.13. The zero-order chi connectivity index (χ0) is 9.97. The Balaban J connectivity index is 2.14. The minimum absolute atomic E-state index is 0.330. The van der Waals surface area contributed by atoms with E-state index in [0.717, 1.165) is 19.6 Å². The van der Waals surface area contributed by atoms with Crippen molar-refractivity contribution in [1.82, 2.24) is 5.32 Å². The third-order valence-corrected chi connectivity index (χ3v) is 2.72. The quantitative estimate of drug-likeness (QED) is 0.755. The van der Waals surface area contributed by atoms with Crippen molar-refractivity contribution in [2.45, 2.75) is 13.0 Å². The molecule has 0 amide bonds. The summed E-state index contributed by atoms with van der Waals surface area (Å²) in [6.07, 6.45) is 0. The van der Waals surface area contributed by atoms with Crippen LogP contribution in [0.25, 0.3) is 0 Å². The Morgan fingerprint density at radius 2 is 2.00 bits per heavy atom. The van der Waals surface area contributed by atoms with Gasteiger partial charge < -0.3 is 15.3 Å². The van der Waals surface area contributed by atoms with Gasteiger partial charge in [0.25, 0.3) is 0 Å². The fourth-order valence-electron chi connectivity index (χ4n) is 1.79. The molecule has 2 rings (SSSR count). The number of hydrogen-bond acceptors (Lipinski definition) is 3. The van der Waals surface area contributed by atoms with Gasteiger partial charge in [-0.3, -0.25) is 0 Å². The second-order valence-electron chi connectivity index (χ2n) is 3.61. The van der Waals surface area contributed by atoms with Crippen molar-refractivity contribution in [3.05, 3.63) is 24.3 Å². The molecule has 0 atom stereocenters. The highest BCUT2D eigenvalue weighted by Crippen LogP contribution is 2.21. The number of nitrogens with zero attached hydrogens (tertiary/aromatic N) is 1. The van der Waals surface area contributed by atoms with Crippen LogP contribution < -0.4 is 10.2 Å². The van der Waals surface area contributed by atoms with Crippen molar-refractivity contribution in [2.75, 3.05) is 24.5 Å². The highest BCUT2D eigenvalue weighted by molar-refractivity contribution is 5.50. The van der Waals surface area contributed by atoms with Crippen molar-refractivity contribution in [3.8, 4) is 5.75 Å². The van der Waals surface area contributed by atoms with Gasteiger partial charge in [0, 0.05) is 25.3 Å². The Hall–Kier alpha value is -1.22. The van der Waals surface area contributed by atoms with E-state index in [-0.39, 0.29) is 0 Å². The summed E-state index contributed by atoms with van der Waals surface area (Å²) in [5.41, 5.74) is 1.19. The minimum Gasteiger partial charge on any atom is -0.508 e. The van der Waals surface area contributed by atoms with E-state index in [4.69, 9.17) is 0 Å². The van der Waals surface area contributed by atoms with Crippen LogP contribution in [0.1, 0.15) is 6.92 Å². The number of hydrogen-bond donors (Lipinski definition) is 2. The highest BCUT2D eigenvalue weighted by Gasteiger charge is 2.23. The molecule has 1 aromatic rings. The molecular weight excluding hydrogens is 176 g/mol. The Morgan fingerprint density at radius 3 is 2.43 bits per heavy atom. The predicted molar refractivity (Wildman–Crippen MR) is 57.8 cm³/mol. The molecule has 1 saturated heterocycles. The molecule has 2 N–H and O–H groups in total. The third kappa shape index (κ3) is 1.68. The number of benzene rings is 1. The van der Waals surface area contributed by atoms with Gasteiger partial charge in [0.15, 0.2) is 0 Å². The first-order valence-electron chi connectivity index (χ1n) is 5.07. The van der Waals surface area contributed by atoms with Crippen molar-refractivity contribution in [1.29, 1.82) is 0 Å². The smallest absolute Gasteiger partial charge is 0.115 e. The number of anilines is 1. The van der Waals surface area contributed by atoms with E-state index in [1.807, 2.05) is 12.1 Å². The molecular formula is C11H16N2O. The van der Waals surface area contributed by atoms with Gasteiger partial charge in [-0.1, -0.05) is 0 Å². The van der Waals surface area contributed by atoms with Crippen LogP contribution in [-0.4, -0.2) is 30.8 Å². The topological polar surface area (TPSA) is 35.5 Å². The molecule has 0 aromatic heterocycles. The van der Waals surface area contributed by atoms with E-state index >= 15 is 0 Å². The predicted octanol–water partition coefficient (Wildman–Crippen LogP) is 1.19. The molecule has 1 fully saturated rings. The van der Waals surface area contributed by atoms with Crippen molar-refractivity contribution >= 4 is 5.69 Å². The van der Waals surface area contributed by atoms with Crippen LogP contribution in [-0.2, 0) is 0 Å². The Morgan fingerprint density at radius 1 is 1.36 bits per heavy atom. The Labute approximate surface area is 84.4 Å². The van der Waals surface area contributed by atoms with E-state index < -0.39 is 0 Å². The van der Waals surface area contributed by atoms with Crippen LogP contribution in [0.2, 0.25) is 0 Å². The van der Waals surface area contributed by atoms with Crippen LogP contribution in [0, 0.1) is 0 Å². The lowest BCUT2D eigenvalue weighted by atomic mass is 10.1. The average molecular weight is 192 g/mol. The lowest BCUT2D eigenvalue weighted by molar-refractivity contribution is 0.417. The van der Waals surface area contributed by atoms with Crippen molar-refractivity contribution < 1.29 is 5.11 Å². The van der Waals surface area contributed by atoms with Gasteiger partial charge in [-0.05, 0) is 31.2 Å². The molecule has 1 aliphatic heterocycles. The largest absolute Gasteiger partial charge is 0.508 e. The van der Waals surface area contributed by atoms with Gasteiger partial charge in [-0.2, -0.15) is 0 Å². The summed E-state index contributed by atoms with van der Waals surface area (Å²) in [6, 6.07) is 8.03. The van der Waals surface area contributed by atoms with E-state index in [9.17, 15) is 5.11 Å². The lowest BCUT2D eigenvalue weighted by Gasteiger charge is -2.39. The number of phenols is 1. The first-order valence-corrected chi connectivity index (χ1v) is 5.07. The summed E-state index contributed by atoms with van der Waals surface area (Å²) in [5, 5.41) is 12.5. The van der Waals surface area contributed by atoms with E-state index in [2.05, 4.69) is 17.1 Å². The molecule has 0 spiro atoms. The zero-order valence-corrected chi connectivity index (χ0v) is 8.40.